The van der Waals surface area contributed by atoms with Crippen LogP contribution in [0.5, 0.6) is 0 Å². The summed E-state index contributed by atoms with van der Waals surface area (Å²) in [5, 5.41) is 8.59. The number of fused-ring (bicyclic) bond motifs is 2. The molecule has 1 saturated heterocycles. The number of para-hydroxylation sites is 1. The molecule has 0 saturated carbocycles. The van der Waals surface area contributed by atoms with Crippen LogP contribution in [0.1, 0.15) is 28.9 Å². The first-order valence-electron chi connectivity index (χ1n) is 11.0. The first kappa shape index (κ1) is 20.5. The minimum atomic E-state index is 0.00698. The fraction of sp³-hybridized carbons (Fsp3) is 0.375. The molecular formula is C24H26N6O2. The lowest BCUT2D eigenvalue weighted by atomic mass is 9.93. The van der Waals surface area contributed by atoms with Gasteiger partial charge in [-0.1, -0.05) is 18.2 Å². The topological polar surface area (TPSA) is 94.3 Å². The average molecular weight is 431 g/mol. The van der Waals surface area contributed by atoms with Crippen molar-refractivity contribution in [2.75, 3.05) is 13.2 Å². The van der Waals surface area contributed by atoms with Crippen molar-refractivity contribution in [2.45, 2.75) is 39.2 Å². The Labute approximate surface area is 186 Å². The van der Waals surface area contributed by atoms with Gasteiger partial charge in [0, 0.05) is 35.3 Å². The van der Waals surface area contributed by atoms with Crippen molar-refractivity contribution in [1.82, 2.24) is 29.9 Å². The van der Waals surface area contributed by atoms with Crippen LogP contribution in [-0.4, -0.2) is 49.7 Å². The zero-order valence-corrected chi connectivity index (χ0v) is 18.3. The Morgan fingerprint density at radius 2 is 2.06 bits per heavy atom. The number of carbonyl (C=O) groups excluding carboxylic acids is 1. The maximum Gasteiger partial charge on any atom is 0.252 e. The molecule has 164 valence electrons. The van der Waals surface area contributed by atoms with Crippen LogP contribution in [0.25, 0.3) is 16.7 Å². The first-order chi connectivity index (χ1) is 15.6. The van der Waals surface area contributed by atoms with Crippen LogP contribution < -0.4 is 5.32 Å². The van der Waals surface area contributed by atoms with Gasteiger partial charge in [0.25, 0.3) is 5.78 Å². The van der Waals surface area contributed by atoms with E-state index in [2.05, 4.69) is 37.5 Å². The van der Waals surface area contributed by atoms with Gasteiger partial charge in [0.2, 0.25) is 5.91 Å². The number of hydrogen-bond donors (Lipinski definition) is 1. The molecule has 1 aromatic carbocycles. The van der Waals surface area contributed by atoms with Crippen LogP contribution in [0.2, 0.25) is 0 Å². The Hall–Kier alpha value is -3.39. The molecule has 4 heterocycles. The summed E-state index contributed by atoms with van der Waals surface area (Å²) in [7, 11) is 0. The van der Waals surface area contributed by atoms with Gasteiger partial charge in [0.05, 0.1) is 24.8 Å². The van der Waals surface area contributed by atoms with E-state index < -0.39 is 0 Å². The Balaban J connectivity index is 1.24. The van der Waals surface area contributed by atoms with Gasteiger partial charge in [0.15, 0.2) is 0 Å². The zero-order chi connectivity index (χ0) is 22.1. The monoisotopic (exact) mass is 430 g/mol. The second kappa shape index (κ2) is 8.63. The minimum absolute atomic E-state index is 0.00698. The van der Waals surface area contributed by atoms with Gasteiger partial charge in [0.1, 0.15) is 6.33 Å². The number of rotatable bonds is 6. The predicted molar refractivity (Wildman–Crippen MR) is 120 cm³/mol. The highest BCUT2D eigenvalue weighted by atomic mass is 16.5. The van der Waals surface area contributed by atoms with Gasteiger partial charge >= 0.3 is 0 Å². The Morgan fingerprint density at radius 3 is 2.97 bits per heavy atom. The van der Waals surface area contributed by atoms with Gasteiger partial charge < -0.3 is 10.1 Å². The van der Waals surface area contributed by atoms with Crippen molar-refractivity contribution in [1.29, 1.82) is 0 Å². The highest BCUT2D eigenvalue weighted by Crippen LogP contribution is 2.24. The lowest BCUT2D eigenvalue weighted by Gasteiger charge is -2.20. The smallest absolute Gasteiger partial charge is 0.252 e. The molecule has 0 spiro atoms. The van der Waals surface area contributed by atoms with Crippen LogP contribution in [-0.2, 0) is 22.4 Å². The average Bonchev–Trinajstić information content (AvgIpc) is 3.43. The van der Waals surface area contributed by atoms with Crippen LogP contribution in [0, 0.1) is 19.8 Å². The molecule has 8 nitrogen and oxygen atoms in total. The lowest BCUT2D eigenvalue weighted by Crippen LogP contribution is -2.40. The SMILES string of the molecule is Cc1nc2ncnn2c(C)c1CCC(=O)N[C@H]1COC[C@H]1Cc1ccnc2ccccc12. The molecule has 0 bridgehead atoms. The summed E-state index contributed by atoms with van der Waals surface area (Å²) < 4.78 is 7.46. The molecule has 0 aliphatic carbocycles. The lowest BCUT2D eigenvalue weighted by molar-refractivity contribution is -0.122. The van der Waals surface area contributed by atoms with Gasteiger partial charge in [-0.2, -0.15) is 10.1 Å². The molecule has 2 atom stereocenters. The first-order valence-corrected chi connectivity index (χ1v) is 11.0. The van der Waals surface area contributed by atoms with E-state index in [0.29, 0.717) is 31.8 Å². The second-order valence-electron chi connectivity index (χ2n) is 8.40. The van der Waals surface area contributed by atoms with Crippen molar-refractivity contribution < 1.29 is 9.53 Å². The summed E-state index contributed by atoms with van der Waals surface area (Å²) in [5.41, 5.74) is 5.14. The fourth-order valence-electron chi connectivity index (χ4n) is 4.61. The summed E-state index contributed by atoms with van der Waals surface area (Å²) in [6.45, 7) is 5.13. The third kappa shape index (κ3) is 3.93. The van der Waals surface area contributed by atoms with E-state index in [4.69, 9.17) is 4.74 Å². The van der Waals surface area contributed by atoms with E-state index in [1.807, 2.05) is 38.2 Å². The van der Waals surface area contributed by atoms with Crippen molar-refractivity contribution in [3.8, 4) is 0 Å². The van der Waals surface area contributed by atoms with Crippen molar-refractivity contribution in [3.05, 3.63) is 65.4 Å². The summed E-state index contributed by atoms with van der Waals surface area (Å²) in [6, 6.07) is 10.2. The second-order valence-corrected chi connectivity index (χ2v) is 8.40. The summed E-state index contributed by atoms with van der Waals surface area (Å²) in [5.74, 6) is 0.853. The third-order valence-electron chi connectivity index (χ3n) is 6.36. The molecule has 1 N–H and O–H groups in total. The molecule has 8 heteroatoms. The van der Waals surface area contributed by atoms with Gasteiger partial charge in [-0.05, 0) is 49.9 Å². The Bertz CT molecular complexity index is 1280. The molecule has 4 aromatic rings. The predicted octanol–water partition coefficient (Wildman–Crippen LogP) is 2.60. The van der Waals surface area contributed by atoms with Crippen molar-refractivity contribution in [2.24, 2.45) is 5.92 Å². The summed E-state index contributed by atoms with van der Waals surface area (Å²) >= 11 is 0. The maximum atomic E-state index is 12.8. The molecule has 0 unspecified atom stereocenters. The molecular weight excluding hydrogens is 404 g/mol. The molecule has 1 aliphatic rings. The third-order valence-corrected chi connectivity index (χ3v) is 6.36. The van der Waals surface area contributed by atoms with E-state index in [-0.39, 0.29) is 17.9 Å². The minimum Gasteiger partial charge on any atom is -0.379 e. The summed E-state index contributed by atoms with van der Waals surface area (Å²) in [6.07, 6.45) is 5.20. The van der Waals surface area contributed by atoms with Crippen molar-refractivity contribution >= 4 is 22.6 Å². The number of nitrogens with zero attached hydrogens (tertiary/aromatic N) is 5. The summed E-state index contributed by atoms with van der Waals surface area (Å²) in [4.78, 5) is 25.9. The van der Waals surface area contributed by atoms with E-state index in [1.165, 1.54) is 11.9 Å². The molecule has 32 heavy (non-hydrogen) atoms. The number of carbonyl (C=O) groups is 1. The highest BCUT2D eigenvalue weighted by molar-refractivity contribution is 5.82. The van der Waals surface area contributed by atoms with Crippen LogP contribution >= 0.6 is 0 Å². The van der Waals surface area contributed by atoms with Crippen LogP contribution in [0.3, 0.4) is 0 Å². The van der Waals surface area contributed by atoms with Gasteiger partial charge in [-0.3, -0.25) is 9.78 Å². The number of aromatic nitrogens is 5. The van der Waals surface area contributed by atoms with Gasteiger partial charge in [-0.15, -0.1) is 0 Å². The Morgan fingerprint density at radius 1 is 1.19 bits per heavy atom. The quantitative estimate of drug-likeness (QED) is 0.505. The molecule has 5 rings (SSSR count). The van der Waals surface area contributed by atoms with Crippen molar-refractivity contribution in [3.63, 3.8) is 0 Å². The molecule has 1 aliphatic heterocycles. The molecule has 3 aromatic heterocycles. The zero-order valence-electron chi connectivity index (χ0n) is 18.3. The number of benzene rings is 1. The Kier molecular flexibility index (Phi) is 5.53. The normalized spacial score (nSPS) is 18.4. The van der Waals surface area contributed by atoms with Crippen LogP contribution in [0.15, 0.2) is 42.9 Å². The maximum absolute atomic E-state index is 12.8. The van der Waals surface area contributed by atoms with E-state index in [0.717, 1.165) is 34.3 Å². The standard InChI is InChI=1S/C24H26N6O2/c1-15-19(16(2)30-24(28-15)26-14-27-30)7-8-23(31)29-22-13-32-12-18(22)11-17-9-10-25-21-6-4-3-5-20(17)21/h3-6,9-10,14,18,22H,7-8,11-13H2,1-2H3,(H,29,31)/t18-,22+/m1/s1. The number of ether oxygens (including phenoxy) is 1. The number of hydrogen-bond acceptors (Lipinski definition) is 6. The largest absolute Gasteiger partial charge is 0.379 e. The molecule has 0 radical (unpaired) electrons. The van der Waals surface area contributed by atoms with E-state index in [9.17, 15) is 4.79 Å². The number of pyridine rings is 1. The number of amides is 1. The molecule has 1 amide bonds. The van der Waals surface area contributed by atoms with Crippen LogP contribution in [0.4, 0.5) is 0 Å². The van der Waals surface area contributed by atoms with Gasteiger partial charge in [-0.25, -0.2) is 9.50 Å². The molecule has 1 fully saturated rings. The van der Waals surface area contributed by atoms with E-state index >= 15 is 0 Å². The highest BCUT2D eigenvalue weighted by Gasteiger charge is 2.30. The van der Waals surface area contributed by atoms with E-state index in [1.54, 1.807) is 4.52 Å². The number of nitrogens with one attached hydrogen (secondary N) is 1. The fourth-order valence-corrected chi connectivity index (χ4v) is 4.61. The number of aryl methyl sites for hydroxylation is 2.